The van der Waals surface area contributed by atoms with Crippen molar-refractivity contribution in [2.24, 2.45) is 0 Å². The highest BCUT2D eigenvalue weighted by atomic mass is 19.1. The number of nitrogens with zero attached hydrogens (tertiary/aromatic N) is 5. The van der Waals surface area contributed by atoms with Crippen molar-refractivity contribution in [3.05, 3.63) is 6.33 Å². The van der Waals surface area contributed by atoms with Gasteiger partial charge in [-0.1, -0.05) is 0 Å². The summed E-state index contributed by atoms with van der Waals surface area (Å²) in [5.74, 6) is 0.866. The van der Waals surface area contributed by atoms with Crippen molar-refractivity contribution in [2.75, 3.05) is 30.3 Å². The Morgan fingerprint density at radius 3 is 2.86 bits per heavy atom. The standard InChI is InChI=1S/C13H17FN6O2/c14-7-4-9(22-8(7)5-21)20-6-16-10-11(19-2-1-3-19)17-13(15)18-12(10)20/h6-9,21H,1-5H2,(H2,15,17,18)/t7-,8+,9+/m0/s1. The summed E-state index contributed by atoms with van der Waals surface area (Å²) < 4.78 is 21.0. The number of aliphatic hydroxyl groups excluding tert-OH is 1. The summed E-state index contributed by atoms with van der Waals surface area (Å²) >= 11 is 0. The summed E-state index contributed by atoms with van der Waals surface area (Å²) in [5, 5.41) is 9.12. The van der Waals surface area contributed by atoms with Crippen molar-refractivity contribution in [1.82, 2.24) is 19.5 Å². The molecule has 118 valence electrons. The SMILES string of the molecule is Nc1nc(N2CCC2)c2ncn([C@H]3C[C@H](F)[C@@H](CO)O3)c2n1. The molecule has 4 rings (SSSR count). The molecule has 3 atom stereocenters. The number of aromatic nitrogens is 4. The van der Waals surface area contributed by atoms with E-state index in [4.69, 9.17) is 15.6 Å². The lowest BCUT2D eigenvalue weighted by molar-refractivity contribution is -0.0323. The third kappa shape index (κ3) is 2.00. The smallest absolute Gasteiger partial charge is 0.224 e. The molecule has 0 aromatic carbocycles. The second kappa shape index (κ2) is 5.03. The molecule has 0 saturated carbocycles. The van der Waals surface area contributed by atoms with E-state index in [0.29, 0.717) is 17.0 Å². The number of nitrogens with two attached hydrogens (primary N) is 1. The third-order valence-electron chi connectivity index (χ3n) is 4.23. The molecule has 2 saturated heterocycles. The maximum atomic E-state index is 13.8. The van der Waals surface area contributed by atoms with Crippen LogP contribution < -0.4 is 10.6 Å². The fraction of sp³-hybridized carbons (Fsp3) is 0.615. The first-order valence-corrected chi connectivity index (χ1v) is 7.32. The van der Waals surface area contributed by atoms with Crippen molar-refractivity contribution in [3.63, 3.8) is 0 Å². The second-order valence-electron chi connectivity index (χ2n) is 5.63. The minimum Gasteiger partial charge on any atom is -0.394 e. The van der Waals surface area contributed by atoms with E-state index in [-0.39, 0.29) is 19.0 Å². The monoisotopic (exact) mass is 308 g/mol. The number of aliphatic hydroxyl groups is 1. The molecule has 0 radical (unpaired) electrons. The van der Waals surface area contributed by atoms with E-state index in [2.05, 4.69) is 19.9 Å². The summed E-state index contributed by atoms with van der Waals surface area (Å²) in [6, 6.07) is 0. The molecular weight excluding hydrogens is 291 g/mol. The zero-order chi connectivity index (χ0) is 15.3. The number of anilines is 2. The van der Waals surface area contributed by atoms with Crippen LogP contribution in [0, 0.1) is 0 Å². The molecule has 2 aromatic rings. The molecular formula is C13H17FN6O2. The number of hydrogen-bond acceptors (Lipinski definition) is 7. The van der Waals surface area contributed by atoms with Crippen LogP contribution in [0.25, 0.3) is 11.2 Å². The molecule has 22 heavy (non-hydrogen) atoms. The minimum atomic E-state index is -1.21. The lowest BCUT2D eigenvalue weighted by Crippen LogP contribution is -2.38. The highest BCUT2D eigenvalue weighted by molar-refractivity contribution is 5.85. The Morgan fingerprint density at radius 2 is 2.23 bits per heavy atom. The van der Waals surface area contributed by atoms with Crippen LogP contribution in [0.3, 0.4) is 0 Å². The van der Waals surface area contributed by atoms with E-state index in [0.717, 1.165) is 19.5 Å². The first kappa shape index (κ1) is 13.6. The molecule has 2 aromatic heterocycles. The van der Waals surface area contributed by atoms with Gasteiger partial charge in [0.05, 0.1) is 12.9 Å². The molecule has 8 nitrogen and oxygen atoms in total. The van der Waals surface area contributed by atoms with Gasteiger partial charge < -0.3 is 20.5 Å². The molecule has 4 heterocycles. The van der Waals surface area contributed by atoms with Crippen LogP contribution in [0.4, 0.5) is 16.2 Å². The molecule has 2 aliphatic heterocycles. The summed E-state index contributed by atoms with van der Waals surface area (Å²) in [6.45, 7) is 1.48. The topological polar surface area (TPSA) is 102 Å². The molecule has 0 spiro atoms. The van der Waals surface area contributed by atoms with E-state index < -0.39 is 18.5 Å². The van der Waals surface area contributed by atoms with Crippen molar-refractivity contribution < 1.29 is 14.2 Å². The van der Waals surface area contributed by atoms with E-state index in [1.165, 1.54) is 0 Å². The molecule has 0 bridgehead atoms. The lowest BCUT2D eigenvalue weighted by atomic mass is 10.2. The van der Waals surface area contributed by atoms with E-state index in [1.807, 2.05) is 0 Å². The first-order valence-electron chi connectivity index (χ1n) is 7.32. The highest BCUT2D eigenvalue weighted by Gasteiger charge is 2.37. The van der Waals surface area contributed by atoms with Gasteiger partial charge in [0.25, 0.3) is 0 Å². The largest absolute Gasteiger partial charge is 0.394 e. The maximum Gasteiger partial charge on any atom is 0.224 e. The van der Waals surface area contributed by atoms with Gasteiger partial charge in [0.15, 0.2) is 17.0 Å². The van der Waals surface area contributed by atoms with Crippen LogP contribution >= 0.6 is 0 Å². The van der Waals surface area contributed by atoms with Crippen molar-refractivity contribution in [1.29, 1.82) is 0 Å². The summed E-state index contributed by atoms with van der Waals surface area (Å²) in [4.78, 5) is 14.9. The highest BCUT2D eigenvalue weighted by Crippen LogP contribution is 2.34. The Balaban J connectivity index is 1.75. The fourth-order valence-electron chi connectivity index (χ4n) is 2.90. The Hall–Kier alpha value is -2.00. The summed E-state index contributed by atoms with van der Waals surface area (Å²) in [7, 11) is 0. The van der Waals surface area contributed by atoms with Crippen LogP contribution in [-0.2, 0) is 4.74 Å². The molecule has 0 unspecified atom stereocenters. The molecule has 2 aliphatic rings. The van der Waals surface area contributed by atoms with E-state index in [9.17, 15) is 4.39 Å². The van der Waals surface area contributed by atoms with Crippen molar-refractivity contribution >= 4 is 22.9 Å². The number of fused-ring (bicyclic) bond motifs is 1. The third-order valence-corrected chi connectivity index (χ3v) is 4.23. The Labute approximate surface area is 125 Å². The van der Waals surface area contributed by atoms with Crippen LogP contribution in [-0.4, -0.2) is 56.6 Å². The average molecular weight is 308 g/mol. The van der Waals surface area contributed by atoms with Gasteiger partial charge in [-0.05, 0) is 6.42 Å². The van der Waals surface area contributed by atoms with E-state index in [1.54, 1.807) is 10.9 Å². The molecule has 0 aliphatic carbocycles. The second-order valence-corrected chi connectivity index (χ2v) is 5.63. The summed E-state index contributed by atoms with van der Waals surface area (Å²) in [5.41, 5.74) is 6.98. The van der Waals surface area contributed by atoms with Gasteiger partial charge in [0, 0.05) is 19.5 Å². The number of rotatable bonds is 3. The Bertz CT molecular complexity index is 703. The number of imidazole rings is 1. The Morgan fingerprint density at radius 1 is 1.41 bits per heavy atom. The predicted molar refractivity (Wildman–Crippen MR) is 77.1 cm³/mol. The number of ether oxygens (including phenoxy) is 1. The van der Waals surface area contributed by atoms with Crippen molar-refractivity contribution in [2.45, 2.75) is 31.3 Å². The van der Waals surface area contributed by atoms with Crippen LogP contribution in [0.2, 0.25) is 0 Å². The average Bonchev–Trinajstić information content (AvgIpc) is 2.99. The normalized spacial score (nSPS) is 28.3. The van der Waals surface area contributed by atoms with Crippen LogP contribution in [0.1, 0.15) is 19.1 Å². The van der Waals surface area contributed by atoms with Crippen molar-refractivity contribution in [3.8, 4) is 0 Å². The van der Waals surface area contributed by atoms with E-state index >= 15 is 0 Å². The predicted octanol–water partition coefficient (Wildman–Crippen LogP) is 0.236. The maximum absolute atomic E-state index is 13.8. The first-order chi connectivity index (χ1) is 10.7. The minimum absolute atomic E-state index is 0.152. The van der Waals surface area contributed by atoms with Crippen LogP contribution in [0.15, 0.2) is 6.33 Å². The van der Waals surface area contributed by atoms with Gasteiger partial charge in [0.1, 0.15) is 18.5 Å². The fourth-order valence-corrected chi connectivity index (χ4v) is 2.90. The summed E-state index contributed by atoms with van der Waals surface area (Å²) in [6.07, 6.45) is 0.270. The molecule has 3 N–H and O–H groups in total. The van der Waals surface area contributed by atoms with Gasteiger partial charge in [-0.25, -0.2) is 9.37 Å². The Kier molecular flexibility index (Phi) is 3.12. The lowest BCUT2D eigenvalue weighted by Gasteiger charge is -2.32. The molecule has 2 fully saturated rings. The number of alkyl halides is 1. The molecule has 0 amide bonds. The van der Waals surface area contributed by atoms with Gasteiger partial charge in [-0.15, -0.1) is 0 Å². The number of nitrogen functional groups attached to an aromatic ring is 1. The van der Waals surface area contributed by atoms with Gasteiger partial charge in [0.2, 0.25) is 5.95 Å². The number of halogens is 1. The molecule has 9 heteroatoms. The van der Waals surface area contributed by atoms with Gasteiger partial charge in [-0.3, -0.25) is 4.57 Å². The quantitative estimate of drug-likeness (QED) is 0.837. The van der Waals surface area contributed by atoms with Gasteiger partial charge in [-0.2, -0.15) is 9.97 Å². The zero-order valence-electron chi connectivity index (χ0n) is 11.9. The van der Waals surface area contributed by atoms with Gasteiger partial charge >= 0.3 is 0 Å². The number of hydrogen-bond donors (Lipinski definition) is 2. The van der Waals surface area contributed by atoms with Crippen LogP contribution in [0.5, 0.6) is 0 Å². The zero-order valence-corrected chi connectivity index (χ0v) is 11.9.